The molecule has 12 N–H and O–H groups in total. The fourth-order valence-electron chi connectivity index (χ4n) is 13.8. The topological polar surface area (TPSA) is 307 Å². The fraction of sp³-hybridized carbons (Fsp3) is 0.805. The van der Waals surface area contributed by atoms with Crippen molar-refractivity contribution in [1.29, 1.82) is 0 Å². The highest BCUT2D eigenvalue weighted by Gasteiger charge is 2.54. The van der Waals surface area contributed by atoms with Gasteiger partial charge >= 0.3 is 0 Å². The zero-order chi connectivity index (χ0) is 76.7. The Hall–Kier alpha value is -3.29. The molecule has 1 amide bonds. The summed E-state index contributed by atoms with van der Waals surface area (Å²) in [7, 11) is 0. The first-order chi connectivity index (χ1) is 51.8. The van der Waals surface area contributed by atoms with Gasteiger partial charge < -0.3 is 89.9 Å². The van der Waals surface area contributed by atoms with Crippen molar-refractivity contribution >= 4 is 5.91 Å². The molecule has 0 saturated carbocycles. The van der Waals surface area contributed by atoms with Gasteiger partial charge in [-0.15, -0.1) is 0 Å². The standard InChI is InChI=1S/C87H153NO18/c1-3-5-7-9-11-13-15-17-19-21-23-25-26-27-28-29-30-31-32-33-34-35-36-37-38-39-40-41-42-43-44-45-47-49-51-53-55-57-59-61-63-65-75(93)88-70(71(92)64-62-60-58-56-54-52-50-48-46-24-22-20-18-16-14-12-10-8-6-4-2)69-101-85-81(99)78(96)83(73(67-90)103-85)106-87-82(100)79(97)84(74(68-91)104-87)105-86-80(98)77(95)76(94)72(66-89)102-86/h5,7,11,13,17,19,23,25,27-28,46,48,54,56,62,64,70-74,76-87,89-92,94-100H,3-4,6,8-10,12,14-16,18,20-22,24,26,29-45,47,49-53,55,57-61,63,65-69H2,1-2H3,(H,88,93)/b7-5-,13-11-,19-17-,25-23-,28-27-,48-46+,56-54+,64-62+. The van der Waals surface area contributed by atoms with Crippen LogP contribution < -0.4 is 5.32 Å². The van der Waals surface area contributed by atoms with Gasteiger partial charge in [-0.3, -0.25) is 4.79 Å². The largest absolute Gasteiger partial charge is 0.394 e. The summed E-state index contributed by atoms with van der Waals surface area (Å²) in [5, 5.41) is 121. The number of carbonyl (C=O) groups is 1. The number of aliphatic hydroxyl groups is 11. The maximum atomic E-state index is 13.5. The van der Waals surface area contributed by atoms with Gasteiger partial charge in [0.05, 0.1) is 38.6 Å². The number of hydrogen-bond acceptors (Lipinski definition) is 18. The lowest BCUT2D eigenvalue weighted by atomic mass is 9.96. The third-order valence-electron chi connectivity index (χ3n) is 20.6. The minimum atomic E-state index is -1.99. The zero-order valence-corrected chi connectivity index (χ0v) is 65.9. The Kier molecular flexibility index (Phi) is 60.6. The lowest BCUT2D eigenvalue weighted by Gasteiger charge is -2.48. The molecule has 17 atom stereocenters. The number of allylic oxidation sites excluding steroid dienone is 15. The first-order valence-corrected chi connectivity index (χ1v) is 42.5. The van der Waals surface area contributed by atoms with Gasteiger partial charge in [0, 0.05) is 6.42 Å². The van der Waals surface area contributed by atoms with Gasteiger partial charge in [-0.05, 0) is 89.9 Å². The van der Waals surface area contributed by atoms with E-state index in [1.807, 2.05) is 6.08 Å². The van der Waals surface area contributed by atoms with Crippen LogP contribution in [-0.4, -0.2) is 193 Å². The third-order valence-corrected chi connectivity index (χ3v) is 20.6. The van der Waals surface area contributed by atoms with Crippen LogP contribution in [0.5, 0.6) is 0 Å². The van der Waals surface area contributed by atoms with Crippen molar-refractivity contribution in [2.75, 3.05) is 26.4 Å². The van der Waals surface area contributed by atoms with E-state index in [0.717, 1.165) is 77.0 Å². The van der Waals surface area contributed by atoms with Crippen molar-refractivity contribution in [3.63, 3.8) is 0 Å². The maximum absolute atomic E-state index is 13.5. The van der Waals surface area contributed by atoms with E-state index in [-0.39, 0.29) is 18.9 Å². The molecule has 3 heterocycles. The molecule has 106 heavy (non-hydrogen) atoms. The first-order valence-electron chi connectivity index (χ1n) is 42.5. The summed E-state index contributed by atoms with van der Waals surface area (Å²) in [5.74, 6) is -0.286. The van der Waals surface area contributed by atoms with Gasteiger partial charge in [0.15, 0.2) is 18.9 Å². The predicted octanol–water partition coefficient (Wildman–Crippen LogP) is 15.1. The minimum Gasteiger partial charge on any atom is -0.394 e. The highest BCUT2D eigenvalue weighted by molar-refractivity contribution is 5.76. The molecule has 3 aliphatic rings. The summed E-state index contributed by atoms with van der Waals surface area (Å²) in [6.45, 7) is 1.62. The number of aliphatic hydroxyl groups excluding tert-OH is 11. The van der Waals surface area contributed by atoms with E-state index in [4.69, 9.17) is 28.4 Å². The number of rotatable bonds is 67. The van der Waals surface area contributed by atoms with Gasteiger partial charge in [-0.25, -0.2) is 0 Å². The third kappa shape index (κ3) is 45.3. The van der Waals surface area contributed by atoms with Crippen LogP contribution in [0.3, 0.4) is 0 Å². The average Bonchev–Trinajstić information content (AvgIpc) is 0.780. The van der Waals surface area contributed by atoms with E-state index < -0.39 is 124 Å². The van der Waals surface area contributed by atoms with E-state index in [2.05, 4.69) is 104 Å². The number of unbranched alkanes of at least 4 members (excludes halogenated alkanes) is 37. The van der Waals surface area contributed by atoms with Gasteiger partial charge in [0.25, 0.3) is 0 Å². The van der Waals surface area contributed by atoms with Gasteiger partial charge in [0.1, 0.15) is 73.2 Å². The molecule has 3 fully saturated rings. The maximum Gasteiger partial charge on any atom is 0.220 e. The second kappa shape index (κ2) is 66.3. The second-order valence-corrected chi connectivity index (χ2v) is 29.9. The quantitative estimate of drug-likeness (QED) is 0.0199. The molecule has 19 nitrogen and oxygen atoms in total. The van der Waals surface area contributed by atoms with Crippen LogP contribution in [0.25, 0.3) is 0 Å². The van der Waals surface area contributed by atoms with Crippen LogP contribution in [0, 0.1) is 0 Å². The normalized spacial score (nSPS) is 26.1. The van der Waals surface area contributed by atoms with Crippen molar-refractivity contribution < 1.29 is 89.4 Å². The Morgan fingerprint density at radius 1 is 0.349 bits per heavy atom. The fourth-order valence-corrected chi connectivity index (χ4v) is 13.8. The average molecular weight is 1500 g/mol. The molecule has 614 valence electrons. The molecule has 0 radical (unpaired) electrons. The molecule has 0 aliphatic carbocycles. The number of nitrogens with one attached hydrogen (secondary N) is 1. The van der Waals surface area contributed by atoms with Crippen molar-refractivity contribution in [2.45, 2.75) is 420 Å². The highest BCUT2D eigenvalue weighted by Crippen LogP contribution is 2.33. The molecule has 3 aliphatic heterocycles. The molecule has 17 unspecified atom stereocenters. The van der Waals surface area contributed by atoms with Crippen LogP contribution in [0.2, 0.25) is 0 Å². The zero-order valence-electron chi connectivity index (χ0n) is 65.9. The van der Waals surface area contributed by atoms with Crippen molar-refractivity contribution in [3.8, 4) is 0 Å². The predicted molar refractivity (Wildman–Crippen MR) is 424 cm³/mol. The van der Waals surface area contributed by atoms with Crippen LogP contribution in [0.1, 0.15) is 316 Å². The smallest absolute Gasteiger partial charge is 0.220 e. The van der Waals surface area contributed by atoms with E-state index in [1.54, 1.807) is 6.08 Å². The van der Waals surface area contributed by atoms with Gasteiger partial charge in [-0.2, -0.15) is 0 Å². The van der Waals surface area contributed by atoms with Gasteiger partial charge in [0.2, 0.25) is 5.91 Å². The molecular formula is C87H153NO18. The van der Waals surface area contributed by atoms with Crippen molar-refractivity contribution in [1.82, 2.24) is 5.32 Å². The van der Waals surface area contributed by atoms with Crippen LogP contribution in [-0.2, 0) is 33.2 Å². The second-order valence-electron chi connectivity index (χ2n) is 29.9. The number of amides is 1. The van der Waals surface area contributed by atoms with Crippen LogP contribution in [0.15, 0.2) is 97.2 Å². The van der Waals surface area contributed by atoms with E-state index in [9.17, 15) is 61.0 Å². The Morgan fingerprint density at radius 3 is 1.06 bits per heavy atom. The molecule has 0 bridgehead atoms. The Morgan fingerprint density at radius 2 is 0.660 bits per heavy atom. The summed E-state index contributed by atoms with van der Waals surface area (Å²) in [5.41, 5.74) is 0. The van der Waals surface area contributed by atoms with E-state index in [1.165, 1.54) is 205 Å². The molecule has 0 aromatic rings. The molecule has 0 spiro atoms. The Labute approximate surface area is 641 Å². The van der Waals surface area contributed by atoms with E-state index >= 15 is 0 Å². The lowest BCUT2D eigenvalue weighted by Crippen LogP contribution is -2.66. The number of ether oxygens (including phenoxy) is 6. The Bertz CT molecular complexity index is 2290. The lowest BCUT2D eigenvalue weighted by molar-refractivity contribution is -0.379. The first kappa shape index (κ1) is 96.9. The monoisotopic (exact) mass is 1500 g/mol. The summed E-state index contributed by atoms with van der Waals surface area (Å²) in [6.07, 6.45) is 64.2. The van der Waals surface area contributed by atoms with Crippen molar-refractivity contribution in [2.24, 2.45) is 0 Å². The molecule has 0 aromatic heterocycles. The van der Waals surface area contributed by atoms with E-state index in [0.29, 0.717) is 12.8 Å². The Balaban J connectivity index is 1.30. The number of carbonyl (C=O) groups excluding carboxylic acids is 1. The molecule has 0 aromatic carbocycles. The highest BCUT2D eigenvalue weighted by atomic mass is 16.8. The van der Waals surface area contributed by atoms with Crippen LogP contribution >= 0.6 is 0 Å². The summed E-state index contributed by atoms with van der Waals surface area (Å²) >= 11 is 0. The summed E-state index contributed by atoms with van der Waals surface area (Å²) < 4.78 is 34.4. The number of hydrogen-bond donors (Lipinski definition) is 12. The summed E-state index contributed by atoms with van der Waals surface area (Å²) in [6, 6.07) is -1.000. The molecule has 3 rings (SSSR count). The molecule has 19 heteroatoms. The van der Waals surface area contributed by atoms with Crippen molar-refractivity contribution in [3.05, 3.63) is 97.2 Å². The SMILES string of the molecule is CC/C=C\C/C=C\C/C=C\C/C=C\C/C=C\CCCCCCCCCCCCCCCCCCCCCCCCCCCC(=O)NC(COC1OC(CO)C(OC2OC(CO)C(OC3OC(CO)C(O)C(O)C3O)C(O)C2O)C(O)C1O)C(O)/C=C/CC/C=C/CC/C=C/CCCCCCCCCCCC. The van der Waals surface area contributed by atoms with Crippen LogP contribution in [0.4, 0.5) is 0 Å². The summed E-state index contributed by atoms with van der Waals surface area (Å²) in [4.78, 5) is 13.5. The molecular weight excluding hydrogens is 1350 g/mol. The minimum absolute atomic E-state index is 0.232. The molecule has 3 saturated heterocycles. The van der Waals surface area contributed by atoms with Gasteiger partial charge in [-0.1, -0.05) is 317 Å².